The van der Waals surface area contributed by atoms with Gasteiger partial charge < -0.3 is 33.8 Å². The number of hydrogen-bond acceptors (Lipinski definition) is 15. The predicted octanol–water partition coefficient (Wildman–Crippen LogP) is 23.3. The van der Waals surface area contributed by atoms with Crippen LogP contribution in [0.1, 0.15) is 336 Å². The first-order valence-electron chi connectivity index (χ1n) is 40.1. The highest BCUT2D eigenvalue weighted by Gasteiger charge is 2.30. The van der Waals surface area contributed by atoms with Crippen LogP contribution in [0, 0.1) is 0 Å². The largest absolute Gasteiger partial charge is 0.472 e. The van der Waals surface area contributed by atoms with E-state index in [4.69, 9.17) is 37.0 Å². The summed E-state index contributed by atoms with van der Waals surface area (Å²) in [5.41, 5.74) is 0. The molecule has 0 amide bonds. The van der Waals surface area contributed by atoms with E-state index in [1.54, 1.807) is 0 Å². The molecule has 0 spiro atoms. The highest BCUT2D eigenvalue weighted by molar-refractivity contribution is 7.47. The van der Waals surface area contributed by atoms with Crippen molar-refractivity contribution in [1.82, 2.24) is 0 Å². The summed E-state index contributed by atoms with van der Waals surface area (Å²) >= 11 is 0. The van der Waals surface area contributed by atoms with Crippen molar-refractivity contribution in [3.63, 3.8) is 0 Å². The number of carbonyl (C=O) groups is 4. The Bertz CT molecular complexity index is 2360. The second-order valence-corrected chi connectivity index (χ2v) is 29.5. The van der Waals surface area contributed by atoms with E-state index in [0.29, 0.717) is 32.1 Å². The van der Waals surface area contributed by atoms with Crippen molar-refractivity contribution in [2.24, 2.45) is 0 Å². The summed E-state index contributed by atoms with van der Waals surface area (Å²) in [6, 6.07) is 0. The molecule has 102 heavy (non-hydrogen) atoms. The quantitative estimate of drug-likeness (QED) is 0.0169. The van der Waals surface area contributed by atoms with Crippen LogP contribution in [0.4, 0.5) is 0 Å². The second-order valence-electron chi connectivity index (χ2n) is 26.6. The van der Waals surface area contributed by atoms with Crippen molar-refractivity contribution in [3.8, 4) is 0 Å². The molecule has 19 heteroatoms. The minimum Gasteiger partial charge on any atom is -0.462 e. The number of phosphoric acid groups is 2. The summed E-state index contributed by atoms with van der Waals surface area (Å²) in [4.78, 5) is 73.0. The van der Waals surface area contributed by atoms with E-state index in [1.807, 2.05) is 12.2 Å². The molecule has 17 nitrogen and oxygen atoms in total. The Kier molecular flexibility index (Phi) is 71.8. The number of phosphoric ester groups is 2. The van der Waals surface area contributed by atoms with E-state index < -0.39 is 97.5 Å². The van der Waals surface area contributed by atoms with E-state index in [1.165, 1.54) is 103 Å². The lowest BCUT2D eigenvalue weighted by molar-refractivity contribution is -0.161. The molecule has 0 bridgehead atoms. The molecule has 0 aromatic carbocycles. The number of aliphatic hydroxyl groups excluding tert-OH is 1. The van der Waals surface area contributed by atoms with Crippen LogP contribution >= 0.6 is 15.6 Å². The van der Waals surface area contributed by atoms with Crippen LogP contribution in [0.5, 0.6) is 0 Å². The third-order valence-electron chi connectivity index (χ3n) is 16.7. The lowest BCUT2D eigenvalue weighted by atomic mass is 10.0. The van der Waals surface area contributed by atoms with Gasteiger partial charge in [0, 0.05) is 25.7 Å². The summed E-state index contributed by atoms with van der Waals surface area (Å²) in [5.74, 6) is -2.25. The predicted molar refractivity (Wildman–Crippen MR) is 418 cm³/mol. The Labute approximate surface area is 619 Å². The minimum absolute atomic E-state index is 0.0619. The zero-order valence-corrected chi connectivity index (χ0v) is 66.0. The number of esters is 4. The molecule has 0 saturated heterocycles. The molecule has 588 valence electrons. The lowest BCUT2D eigenvalue weighted by Crippen LogP contribution is -2.30. The molecule has 0 aromatic rings. The zero-order chi connectivity index (χ0) is 74.6. The Morgan fingerprint density at radius 3 is 0.833 bits per heavy atom. The standard InChI is InChI=1S/C83H144O17P2/c1-5-9-13-17-21-25-29-33-37-38-42-44-48-52-56-60-64-68-81(86)94-74-79(100-83(88)70-66-62-58-54-50-46-41-36-32-28-24-20-16-12-8-4)76-98-102(91,92)96-72-77(84)71-95-101(89,90)97-75-78(99-82(87)69-65-61-57-53-49-45-40-35-31-27-23-19-15-11-7-3)73-93-80(85)67-63-59-55-51-47-43-39-34-30-26-22-18-14-10-6-2/h9,12-13,16,21,24-25,28,33-34,36-37,39,41-42,44,52,56,77-79,84H,5-8,10-11,14-15,17-20,22-23,26-27,29-32,35,38,40,43,45-51,53-55,57-76H2,1-4H3,(H,89,90)(H,91,92)/b13-9-,16-12-,25-21-,28-24-,37-33-,39-34-,41-36-,44-42-,56-52-. The lowest BCUT2D eigenvalue weighted by Gasteiger charge is -2.21. The number of aliphatic hydroxyl groups is 1. The normalized spacial score (nSPS) is 14.5. The van der Waals surface area contributed by atoms with Crippen molar-refractivity contribution in [2.75, 3.05) is 39.6 Å². The third-order valence-corrected chi connectivity index (χ3v) is 18.6. The van der Waals surface area contributed by atoms with Gasteiger partial charge in [-0.25, -0.2) is 9.13 Å². The van der Waals surface area contributed by atoms with Gasteiger partial charge in [0.05, 0.1) is 26.4 Å². The molecule has 5 atom stereocenters. The van der Waals surface area contributed by atoms with Crippen LogP contribution in [0.25, 0.3) is 0 Å². The van der Waals surface area contributed by atoms with Crippen molar-refractivity contribution >= 4 is 39.5 Å². The zero-order valence-electron chi connectivity index (χ0n) is 64.3. The van der Waals surface area contributed by atoms with Crippen LogP contribution in [0.3, 0.4) is 0 Å². The summed E-state index contributed by atoms with van der Waals surface area (Å²) in [7, 11) is -9.97. The van der Waals surface area contributed by atoms with Crippen molar-refractivity contribution < 1.29 is 80.2 Å². The van der Waals surface area contributed by atoms with Crippen molar-refractivity contribution in [2.45, 2.75) is 354 Å². The SMILES string of the molecule is CC/C=C\C/C=C\C/C=C\C/C=C\C/C=C\CCCC(=O)OCC(COP(=O)(O)OCC(O)COP(=O)(O)OCC(COC(=O)CCCCCCC/C=C\CCCCCCCC)OC(=O)CCCCCCCCCCCCCCCCC)OC(=O)CCCCCCC/C=C\C/C=C\C/C=C\CC. The first-order valence-corrected chi connectivity index (χ1v) is 43.1. The van der Waals surface area contributed by atoms with E-state index in [0.717, 1.165) is 148 Å². The molecule has 0 aliphatic heterocycles. The van der Waals surface area contributed by atoms with Gasteiger partial charge in [-0.3, -0.25) is 37.3 Å². The molecule has 5 unspecified atom stereocenters. The number of allylic oxidation sites excluding steroid dienone is 18. The minimum atomic E-state index is -4.99. The molecule has 0 heterocycles. The summed E-state index contributed by atoms with van der Waals surface area (Å²) in [5, 5.41) is 10.6. The maximum atomic E-state index is 13.1. The molecule has 0 radical (unpaired) electrons. The van der Waals surface area contributed by atoms with Crippen LogP contribution in [-0.2, 0) is 65.4 Å². The highest BCUT2D eigenvalue weighted by atomic mass is 31.2. The molecule has 3 N–H and O–H groups in total. The molecule has 0 aromatic heterocycles. The van der Waals surface area contributed by atoms with E-state index in [-0.39, 0.29) is 25.7 Å². The first-order chi connectivity index (χ1) is 49.7. The maximum Gasteiger partial charge on any atom is 0.472 e. The van der Waals surface area contributed by atoms with E-state index in [2.05, 4.69) is 125 Å². The summed E-state index contributed by atoms with van der Waals surface area (Å²) in [6.45, 7) is 4.59. The number of ether oxygens (including phenoxy) is 4. The molecule has 0 rings (SSSR count). The van der Waals surface area contributed by atoms with Gasteiger partial charge in [-0.15, -0.1) is 0 Å². The molecule has 0 fully saturated rings. The first kappa shape index (κ1) is 97.7. The number of hydrogen-bond donors (Lipinski definition) is 3. The van der Waals surface area contributed by atoms with Crippen molar-refractivity contribution in [1.29, 1.82) is 0 Å². The third kappa shape index (κ3) is 74.0. The monoisotopic (exact) mass is 1470 g/mol. The van der Waals surface area contributed by atoms with Gasteiger partial charge in [0.15, 0.2) is 12.2 Å². The maximum absolute atomic E-state index is 13.1. The van der Waals surface area contributed by atoms with Gasteiger partial charge in [-0.2, -0.15) is 0 Å². The second kappa shape index (κ2) is 75.0. The molecular weight excluding hydrogens is 1330 g/mol. The van der Waals surface area contributed by atoms with E-state index in [9.17, 15) is 43.2 Å². The fourth-order valence-electron chi connectivity index (χ4n) is 10.7. The van der Waals surface area contributed by atoms with Crippen LogP contribution in [0.15, 0.2) is 109 Å². The number of carbonyl (C=O) groups excluding carboxylic acids is 4. The van der Waals surface area contributed by atoms with Gasteiger partial charge >= 0.3 is 39.5 Å². The Morgan fingerprint density at radius 1 is 0.284 bits per heavy atom. The molecule has 0 aliphatic rings. The van der Waals surface area contributed by atoms with Gasteiger partial charge in [-0.1, -0.05) is 298 Å². The van der Waals surface area contributed by atoms with Gasteiger partial charge in [0.1, 0.15) is 19.3 Å². The van der Waals surface area contributed by atoms with Gasteiger partial charge in [0.2, 0.25) is 0 Å². The van der Waals surface area contributed by atoms with Gasteiger partial charge in [0.25, 0.3) is 0 Å². The van der Waals surface area contributed by atoms with Crippen LogP contribution < -0.4 is 0 Å². The molecule has 0 saturated carbocycles. The average Bonchev–Trinajstić information content (AvgIpc) is 0.923. The summed E-state index contributed by atoms with van der Waals surface area (Å²) in [6.07, 6.45) is 80.7. The molecular formula is C83H144O17P2. The smallest absolute Gasteiger partial charge is 0.462 e. The number of unbranched alkanes of at least 4 members (excludes halogenated alkanes) is 31. The average molecular weight is 1480 g/mol. The van der Waals surface area contributed by atoms with Gasteiger partial charge in [-0.05, 0) is 122 Å². The fourth-order valence-corrected chi connectivity index (χ4v) is 12.3. The van der Waals surface area contributed by atoms with Crippen LogP contribution in [0.2, 0.25) is 0 Å². The van der Waals surface area contributed by atoms with Crippen molar-refractivity contribution in [3.05, 3.63) is 109 Å². The highest BCUT2D eigenvalue weighted by Crippen LogP contribution is 2.45. The number of rotatable bonds is 75. The Morgan fingerprint density at radius 2 is 0.520 bits per heavy atom. The molecule has 0 aliphatic carbocycles. The summed E-state index contributed by atoms with van der Waals surface area (Å²) < 4.78 is 68.6. The van der Waals surface area contributed by atoms with Crippen LogP contribution in [-0.4, -0.2) is 96.7 Å². The Balaban J connectivity index is 5.41. The van der Waals surface area contributed by atoms with E-state index >= 15 is 0 Å². The topological polar surface area (TPSA) is 237 Å². The Hall–Kier alpha value is -4.28. The fraction of sp³-hybridized carbons (Fsp3) is 0.735.